The van der Waals surface area contributed by atoms with Gasteiger partial charge in [0.05, 0.1) is 5.69 Å². The minimum absolute atomic E-state index is 0.841. The highest BCUT2D eigenvalue weighted by atomic mass is 32.1. The van der Waals surface area contributed by atoms with Crippen LogP contribution in [0.2, 0.25) is 0 Å². The SMILES string of the molecule is CNCc1ncc(C)c2sccc12. The summed E-state index contributed by atoms with van der Waals surface area (Å²) in [6.07, 6.45) is 1.95. The minimum atomic E-state index is 0.841. The van der Waals surface area contributed by atoms with Gasteiger partial charge in [0.25, 0.3) is 0 Å². The first-order valence-corrected chi connectivity index (χ1v) is 5.17. The van der Waals surface area contributed by atoms with Crippen molar-refractivity contribution in [2.75, 3.05) is 7.05 Å². The molecule has 0 spiro atoms. The molecular formula is C10H12N2S. The van der Waals surface area contributed by atoms with E-state index in [1.54, 1.807) is 11.3 Å². The van der Waals surface area contributed by atoms with Crippen LogP contribution in [-0.2, 0) is 6.54 Å². The lowest BCUT2D eigenvalue weighted by Gasteiger charge is -2.02. The van der Waals surface area contributed by atoms with Crippen LogP contribution in [0.1, 0.15) is 11.3 Å². The molecule has 0 amide bonds. The van der Waals surface area contributed by atoms with Gasteiger partial charge in [0.2, 0.25) is 0 Å². The van der Waals surface area contributed by atoms with E-state index in [-0.39, 0.29) is 0 Å². The fourth-order valence-electron chi connectivity index (χ4n) is 1.45. The molecule has 0 atom stereocenters. The predicted octanol–water partition coefficient (Wildman–Crippen LogP) is 2.32. The molecule has 0 unspecified atom stereocenters. The number of rotatable bonds is 2. The van der Waals surface area contributed by atoms with Crippen LogP contribution in [0.5, 0.6) is 0 Å². The Labute approximate surface area is 81.6 Å². The molecule has 68 valence electrons. The van der Waals surface area contributed by atoms with Crippen molar-refractivity contribution in [3.05, 3.63) is 28.9 Å². The highest BCUT2D eigenvalue weighted by Crippen LogP contribution is 2.25. The molecule has 0 fully saturated rings. The molecule has 0 aliphatic rings. The number of thiophene rings is 1. The fourth-order valence-corrected chi connectivity index (χ4v) is 2.34. The van der Waals surface area contributed by atoms with Gasteiger partial charge in [-0.15, -0.1) is 11.3 Å². The fraction of sp³-hybridized carbons (Fsp3) is 0.300. The average Bonchev–Trinajstić information content (AvgIpc) is 2.59. The number of pyridine rings is 1. The molecule has 0 aliphatic heterocycles. The zero-order valence-electron chi connectivity index (χ0n) is 7.79. The van der Waals surface area contributed by atoms with Crippen LogP contribution in [0.15, 0.2) is 17.6 Å². The van der Waals surface area contributed by atoms with Crippen molar-refractivity contribution >= 4 is 21.4 Å². The van der Waals surface area contributed by atoms with E-state index in [9.17, 15) is 0 Å². The molecule has 0 bridgehead atoms. The molecule has 0 radical (unpaired) electrons. The third-order valence-electron chi connectivity index (χ3n) is 2.09. The Balaban J connectivity index is 2.64. The van der Waals surface area contributed by atoms with E-state index in [1.165, 1.54) is 15.6 Å². The number of nitrogens with one attached hydrogen (secondary N) is 1. The van der Waals surface area contributed by atoms with Gasteiger partial charge in [-0.05, 0) is 31.0 Å². The lowest BCUT2D eigenvalue weighted by Crippen LogP contribution is -2.07. The van der Waals surface area contributed by atoms with Gasteiger partial charge in [-0.3, -0.25) is 4.98 Å². The van der Waals surface area contributed by atoms with Gasteiger partial charge in [0, 0.05) is 22.8 Å². The molecule has 2 aromatic heterocycles. The molecule has 0 aromatic carbocycles. The van der Waals surface area contributed by atoms with E-state index in [0.717, 1.165) is 12.2 Å². The summed E-state index contributed by atoms with van der Waals surface area (Å²) in [5, 5.41) is 6.54. The number of aromatic nitrogens is 1. The maximum Gasteiger partial charge on any atom is 0.0628 e. The van der Waals surface area contributed by atoms with Gasteiger partial charge in [0.15, 0.2) is 0 Å². The van der Waals surface area contributed by atoms with Crippen molar-refractivity contribution in [2.45, 2.75) is 13.5 Å². The molecule has 1 N–H and O–H groups in total. The van der Waals surface area contributed by atoms with Gasteiger partial charge in [0.1, 0.15) is 0 Å². The predicted molar refractivity (Wildman–Crippen MR) is 57.1 cm³/mol. The molecular weight excluding hydrogens is 180 g/mol. The van der Waals surface area contributed by atoms with Crippen LogP contribution in [0.3, 0.4) is 0 Å². The first-order valence-electron chi connectivity index (χ1n) is 4.29. The molecule has 2 rings (SSSR count). The highest BCUT2D eigenvalue weighted by Gasteiger charge is 2.04. The largest absolute Gasteiger partial charge is 0.314 e. The Kier molecular flexibility index (Phi) is 2.29. The summed E-state index contributed by atoms with van der Waals surface area (Å²) in [6.45, 7) is 2.95. The van der Waals surface area contributed by atoms with Gasteiger partial charge in [-0.25, -0.2) is 0 Å². The minimum Gasteiger partial charge on any atom is -0.314 e. The number of fused-ring (bicyclic) bond motifs is 1. The monoisotopic (exact) mass is 192 g/mol. The van der Waals surface area contributed by atoms with Crippen LogP contribution in [0.25, 0.3) is 10.1 Å². The van der Waals surface area contributed by atoms with E-state index in [1.807, 2.05) is 13.2 Å². The summed E-state index contributed by atoms with van der Waals surface area (Å²) in [5.41, 5.74) is 2.41. The maximum atomic E-state index is 4.41. The topological polar surface area (TPSA) is 24.9 Å². The van der Waals surface area contributed by atoms with E-state index in [4.69, 9.17) is 0 Å². The zero-order valence-corrected chi connectivity index (χ0v) is 8.61. The van der Waals surface area contributed by atoms with E-state index in [0.29, 0.717) is 0 Å². The van der Waals surface area contributed by atoms with E-state index < -0.39 is 0 Å². The summed E-state index contributed by atoms with van der Waals surface area (Å²) in [4.78, 5) is 4.41. The van der Waals surface area contributed by atoms with Crippen molar-refractivity contribution in [3.63, 3.8) is 0 Å². The summed E-state index contributed by atoms with van der Waals surface area (Å²) in [6, 6.07) is 2.15. The number of hydrogen-bond acceptors (Lipinski definition) is 3. The van der Waals surface area contributed by atoms with Crippen molar-refractivity contribution in [3.8, 4) is 0 Å². The van der Waals surface area contributed by atoms with Gasteiger partial charge >= 0.3 is 0 Å². The molecule has 2 nitrogen and oxygen atoms in total. The zero-order chi connectivity index (χ0) is 9.26. The quantitative estimate of drug-likeness (QED) is 0.790. The van der Waals surface area contributed by atoms with Crippen molar-refractivity contribution in [2.24, 2.45) is 0 Å². The number of hydrogen-bond donors (Lipinski definition) is 1. The molecule has 2 heterocycles. The standard InChI is InChI=1S/C10H12N2S/c1-7-5-12-9(6-11-2)8-3-4-13-10(7)8/h3-5,11H,6H2,1-2H3. The van der Waals surface area contributed by atoms with Crippen LogP contribution < -0.4 is 5.32 Å². The molecule has 3 heteroatoms. The summed E-state index contributed by atoms with van der Waals surface area (Å²) in [5.74, 6) is 0. The number of nitrogens with zero attached hydrogens (tertiary/aromatic N) is 1. The number of aryl methyl sites for hydroxylation is 1. The van der Waals surface area contributed by atoms with Crippen LogP contribution in [0.4, 0.5) is 0 Å². The van der Waals surface area contributed by atoms with Gasteiger partial charge in [-0.2, -0.15) is 0 Å². The van der Waals surface area contributed by atoms with Crippen molar-refractivity contribution in [1.82, 2.24) is 10.3 Å². The van der Waals surface area contributed by atoms with Gasteiger partial charge in [-0.1, -0.05) is 0 Å². The van der Waals surface area contributed by atoms with Crippen LogP contribution in [0, 0.1) is 6.92 Å². The molecule has 0 saturated heterocycles. The Bertz CT molecular complexity index is 420. The molecule has 2 aromatic rings. The summed E-state index contributed by atoms with van der Waals surface area (Å²) >= 11 is 1.79. The third kappa shape index (κ3) is 1.45. The van der Waals surface area contributed by atoms with Gasteiger partial charge < -0.3 is 5.32 Å². The van der Waals surface area contributed by atoms with Crippen LogP contribution >= 0.6 is 11.3 Å². The molecule has 0 aliphatic carbocycles. The summed E-state index contributed by atoms with van der Waals surface area (Å²) < 4.78 is 1.36. The smallest absolute Gasteiger partial charge is 0.0628 e. The first-order chi connectivity index (χ1) is 6.33. The average molecular weight is 192 g/mol. The van der Waals surface area contributed by atoms with Crippen LogP contribution in [-0.4, -0.2) is 12.0 Å². The lowest BCUT2D eigenvalue weighted by atomic mass is 10.2. The molecule has 13 heavy (non-hydrogen) atoms. The first kappa shape index (κ1) is 8.66. The maximum absolute atomic E-state index is 4.41. The Morgan fingerprint density at radius 2 is 2.38 bits per heavy atom. The highest BCUT2D eigenvalue weighted by molar-refractivity contribution is 7.17. The second-order valence-corrected chi connectivity index (χ2v) is 4.00. The second kappa shape index (κ2) is 3.44. The van der Waals surface area contributed by atoms with Crippen molar-refractivity contribution < 1.29 is 0 Å². The Hall–Kier alpha value is -0.930. The van der Waals surface area contributed by atoms with Crippen molar-refractivity contribution in [1.29, 1.82) is 0 Å². The molecule has 0 saturated carbocycles. The second-order valence-electron chi connectivity index (χ2n) is 3.08. The Morgan fingerprint density at radius 3 is 3.15 bits per heavy atom. The Morgan fingerprint density at radius 1 is 1.54 bits per heavy atom. The summed E-state index contributed by atoms with van der Waals surface area (Å²) in [7, 11) is 1.94. The normalized spacial score (nSPS) is 10.9. The third-order valence-corrected chi connectivity index (χ3v) is 3.14. The lowest BCUT2D eigenvalue weighted by molar-refractivity contribution is 0.798. The van der Waals surface area contributed by atoms with E-state index >= 15 is 0 Å². The van der Waals surface area contributed by atoms with E-state index in [2.05, 4.69) is 28.7 Å².